The van der Waals surface area contributed by atoms with Gasteiger partial charge in [0.1, 0.15) is 11.5 Å². The van der Waals surface area contributed by atoms with E-state index in [4.69, 9.17) is 19.4 Å². The lowest BCUT2D eigenvalue weighted by Crippen LogP contribution is -2.63. The smallest absolute Gasteiger partial charge is 0.270 e. The lowest BCUT2D eigenvalue weighted by Gasteiger charge is -2.41. The number of amides is 1. The number of hydroxylamine groups is 1. The van der Waals surface area contributed by atoms with Gasteiger partial charge in [-0.05, 0) is 50.2 Å². The largest absolute Gasteiger partial charge is 0.457 e. The summed E-state index contributed by atoms with van der Waals surface area (Å²) < 4.78 is 40.8. The standard InChI is InChI=1S/C19H21NO7S/c1-18(2)25-12-19(13-26-18,17(21)20-22)28(23,24)16-10-8-15(9-11-16)27-14-6-4-3-5-7-14/h3-11,22H,12-13H2,1-2H3,(H,20,21). The molecule has 1 fully saturated rings. The molecule has 1 heterocycles. The molecular formula is C19H21NO7S. The van der Waals surface area contributed by atoms with E-state index in [1.807, 2.05) is 18.2 Å². The first kappa shape index (κ1) is 20.3. The molecule has 150 valence electrons. The zero-order valence-corrected chi connectivity index (χ0v) is 16.2. The number of sulfone groups is 1. The Morgan fingerprint density at radius 2 is 1.54 bits per heavy atom. The lowest BCUT2D eigenvalue weighted by atomic mass is 10.1. The van der Waals surface area contributed by atoms with Crippen molar-refractivity contribution >= 4 is 15.7 Å². The number of carbonyl (C=O) groups is 1. The first-order valence-electron chi connectivity index (χ1n) is 8.50. The highest BCUT2D eigenvalue weighted by Gasteiger charge is 2.56. The fraction of sp³-hybridized carbons (Fsp3) is 0.316. The summed E-state index contributed by atoms with van der Waals surface area (Å²) in [7, 11) is -4.25. The van der Waals surface area contributed by atoms with E-state index in [2.05, 4.69) is 0 Å². The van der Waals surface area contributed by atoms with Crippen LogP contribution in [0.25, 0.3) is 0 Å². The second kappa shape index (κ2) is 7.51. The van der Waals surface area contributed by atoms with Crippen molar-refractivity contribution in [3.8, 4) is 11.5 Å². The molecule has 3 rings (SSSR count). The van der Waals surface area contributed by atoms with E-state index in [0.29, 0.717) is 11.5 Å². The minimum atomic E-state index is -4.25. The van der Waals surface area contributed by atoms with E-state index in [9.17, 15) is 13.2 Å². The number of carbonyl (C=O) groups excluding carboxylic acids is 1. The molecule has 28 heavy (non-hydrogen) atoms. The van der Waals surface area contributed by atoms with Crippen LogP contribution >= 0.6 is 0 Å². The molecule has 0 radical (unpaired) electrons. The highest BCUT2D eigenvalue weighted by Crippen LogP contribution is 2.35. The number of ether oxygens (including phenoxy) is 3. The first-order valence-corrected chi connectivity index (χ1v) is 9.99. The Balaban J connectivity index is 1.90. The Morgan fingerprint density at radius 1 is 1.00 bits per heavy atom. The Labute approximate surface area is 162 Å². The fourth-order valence-electron chi connectivity index (χ4n) is 2.71. The van der Waals surface area contributed by atoms with E-state index in [1.54, 1.807) is 26.0 Å². The van der Waals surface area contributed by atoms with Crippen LogP contribution in [0, 0.1) is 0 Å². The number of hydrogen-bond acceptors (Lipinski definition) is 7. The van der Waals surface area contributed by atoms with Gasteiger partial charge in [0.2, 0.25) is 4.75 Å². The zero-order chi connectivity index (χ0) is 20.4. The average molecular weight is 407 g/mol. The predicted octanol–water partition coefficient (Wildman–Crippen LogP) is 2.28. The van der Waals surface area contributed by atoms with Crippen molar-refractivity contribution in [3.05, 3.63) is 54.6 Å². The van der Waals surface area contributed by atoms with Gasteiger partial charge < -0.3 is 14.2 Å². The van der Waals surface area contributed by atoms with Crippen molar-refractivity contribution in [3.63, 3.8) is 0 Å². The van der Waals surface area contributed by atoms with Gasteiger partial charge in [-0.15, -0.1) is 0 Å². The molecule has 1 saturated heterocycles. The van der Waals surface area contributed by atoms with Crippen molar-refractivity contribution in [2.45, 2.75) is 29.3 Å². The van der Waals surface area contributed by atoms with Gasteiger partial charge in [-0.2, -0.15) is 0 Å². The van der Waals surface area contributed by atoms with Gasteiger partial charge in [-0.1, -0.05) is 18.2 Å². The molecule has 0 aromatic heterocycles. The number of benzene rings is 2. The molecule has 0 atom stereocenters. The van der Waals surface area contributed by atoms with Crippen LogP contribution in [-0.4, -0.2) is 43.3 Å². The van der Waals surface area contributed by atoms with Crippen molar-refractivity contribution in [2.24, 2.45) is 0 Å². The highest BCUT2D eigenvalue weighted by molar-refractivity contribution is 7.93. The summed E-state index contributed by atoms with van der Waals surface area (Å²) in [6.45, 7) is 2.29. The molecule has 0 bridgehead atoms. The number of para-hydroxylation sites is 1. The summed E-state index contributed by atoms with van der Waals surface area (Å²) in [5.74, 6) is -1.12. The molecule has 1 aliphatic heterocycles. The SMILES string of the molecule is CC1(C)OCC(C(=O)NO)(S(=O)(=O)c2ccc(Oc3ccccc3)cc2)CO1. The summed E-state index contributed by atoms with van der Waals surface area (Å²) >= 11 is 0. The van der Waals surface area contributed by atoms with E-state index >= 15 is 0 Å². The molecule has 9 heteroatoms. The van der Waals surface area contributed by atoms with Crippen molar-refractivity contribution in [2.75, 3.05) is 13.2 Å². The van der Waals surface area contributed by atoms with E-state index < -0.39 is 39.5 Å². The van der Waals surface area contributed by atoms with Crippen molar-refractivity contribution < 1.29 is 32.6 Å². The first-order chi connectivity index (χ1) is 13.2. The zero-order valence-electron chi connectivity index (χ0n) is 15.4. The second-order valence-electron chi connectivity index (χ2n) is 6.80. The van der Waals surface area contributed by atoms with Gasteiger partial charge in [-0.25, -0.2) is 13.9 Å². The maximum atomic E-state index is 13.2. The molecule has 2 aromatic carbocycles. The van der Waals surface area contributed by atoms with Crippen LogP contribution in [-0.2, 0) is 24.1 Å². The van der Waals surface area contributed by atoms with Crippen LogP contribution in [0.5, 0.6) is 11.5 Å². The minimum absolute atomic E-state index is 0.122. The Kier molecular flexibility index (Phi) is 5.44. The summed E-state index contributed by atoms with van der Waals surface area (Å²) in [6.07, 6.45) is 0. The third-order valence-corrected chi connectivity index (χ3v) is 6.79. The topological polar surface area (TPSA) is 111 Å². The molecule has 8 nitrogen and oxygen atoms in total. The lowest BCUT2D eigenvalue weighted by molar-refractivity contribution is -0.254. The summed E-state index contributed by atoms with van der Waals surface area (Å²) in [6, 6.07) is 14.7. The number of rotatable bonds is 5. The second-order valence-corrected chi connectivity index (χ2v) is 9.06. The summed E-state index contributed by atoms with van der Waals surface area (Å²) in [5, 5.41) is 9.11. The number of nitrogens with one attached hydrogen (secondary N) is 1. The summed E-state index contributed by atoms with van der Waals surface area (Å²) in [5.41, 5.74) is 1.42. The van der Waals surface area contributed by atoms with Gasteiger partial charge in [0.05, 0.1) is 18.1 Å². The maximum absolute atomic E-state index is 13.2. The molecule has 0 spiro atoms. The Hall–Kier alpha value is -2.46. The Bertz CT molecular complexity index is 930. The quantitative estimate of drug-likeness (QED) is 0.578. The van der Waals surface area contributed by atoms with Crippen LogP contribution in [0.15, 0.2) is 59.5 Å². The van der Waals surface area contributed by atoms with Gasteiger partial charge >= 0.3 is 0 Å². The van der Waals surface area contributed by atoms with E-state index in [-0.39, 0.29) is 4.90 Å². The molecule has 2 aromatic rings. The summed E-state index contributed by atoms with van der Waals surface area (Å²) in [4.78, 5) is 12.2. The average Bonchev–Trinajstić information content (AvgIpc) is 2.68. The van der Waals surface area contributed by atoms with E-state index in [1.165, 1.54) is 29.7 Å². The van der Waals surface area contributed by atoms with Gasteiger partial charge in [-0.3, -0.25) is 10.0 Å². The molecule has 2 N–H and O–H groups in total. The van der Waals surface area contributed by atoms with Gasteiger partial charge in [0, 0.05) is 0 Å². The third kappa shape index (κ3) is 3.74. The molecule has 1 amide bonds. The predicted molar refractivity (Wildman–Crippen MR) is 98.8 cm³/mol. The number of hydrogen-bond donors (Lipinski definition) is 2. The fourth-order valence-corrected chi connectivity index (χ4v) is 4.37. The highest BCUT2D eigenvalue weighted by atomic mass is 32.2. The van der Waals surface area contributed by atoms with Crippen LogP contribution in [0.2, 0.25) is 0 Å². The van der Waals surface area contributed by atoms with Crippen LogP contribution in [0.3, 0.4) is 0 Å². The van der Waals surface area contributed by atoms with Gasteiger partial charge in [0.15, 0.2) is 15.6 Å². The van der Waals surface area contributed by atoms with Gasteiger partial charge in [0.25, 0.3) is 5.91 Å². The van der Waals surface area contributed by atoms with Crippen molar-refractivity contribution in [1.29, 1.82) is 0 Å². The van der Waals surface area contributed by atoms with E-state index in [0.717, 1.165) is 0 Å². The molecule has 0 saturated carbocycles. The van der Waals surface area contributed by atoms with Crippen LogP contribution < -0.4 is 10.2 Å². The van der Waals surface area contributed by atoms with Crippen LogP contribution in [0.1, 0.15) is 13.8 Å². The molecule has 0 aliphatic carbocycles. The molecule has 0 unspecified atom stereocenters. The van der Waals surface area contributed by atoms with Crippen LogP contribution in [0.4, 0.5) is 0 Å². The minimum Gasteiger partial charge on any atom is -0.457 e. The monoisotopic (exact) mass is 407 g/mol. The third-order valence-electron chi connectivity index (χ3n) is 4.45. The maximum Gasteiger partial charge on any atom is 0.270 e. The molecule has 1 aliphatic rings. The Morgan fingerprint density at radius 3 is 2.07 bits per heavy atom. The van der Waals surface area contributed by atoms with Crippen molar-refractivity contribution in [1.82, 2.24) is 5.48 Å². The molecular weight excluding hydrogens is 386 g/mol. The normalized spacial score (nSPS) is 18.2.